The number of allylic oxidation sites excluding steroid dienone is 1. The topological polar surface area (TPSA) is 9.23 Å². The maximum Gasteiger partial charge on any atom is 0.118 e. The molecule has 0 unspecified atom stereocenters. The Morgan fingerprint density at radius 1 is 1.06 bits per heavy atom. The van der Waals surface area contributed by atoms with Crippen molar-refractivity contribution in [2.24, 2.45) is 0 Å². The van der Waals surface area contributed by atoms with E-state index in [1.807, 2.05) is 12.1 Å². The Kier molecular flexibility index (Phi) is 6.39. The van der Waals surface area contributed by atoms with Crippen molar-refractivity contribution in [3.05, 3.63) is 35.9 Å². The van der Waals surface area contributed by atoms with Gasteiger partial charge in [0.05, 0.1) is 7.11 Å². The SMILES string of the molecule is CCCCCC/C=C/c1ccc(OC)cc1. The van der Waals surface area contributed by atoms with Gasteiger partial charge in [0, 0.05) is 0 Å². The number of hydrogen-bond donors (Lipinski definition) is 0. The summed E-state index contributed by atoms with van der Waals surface area (Å²) in [4.78, 5) is 0. The maximum absolute atomic E-state index is 5.12. The van der Waals surface area contributed by atoms with Crippen LogP contribution in [0.25, 0.3) is 6.08 Å². The third-order valence-electron chi connectivity index (χ3n) is 2.65. The van der Waals surface area contributed by atoms with Crippen molar-refractivity contribution < 1.29 is 4.74 Å². The van der Waals surface area contributed by atoms with Crippen LogP contribution in [0.5, 0.6) is 5.75 Å². The molecule has 0 aliphatic carbocycles. The molecule has 0 aromatic heterocycles. The quantitative estimate of drug-likeness (QED) is 0.604. The smallest absolute Gasteiger partial charge is 0.118 e. The van der Waals surface area contributed by atoms with E-state index in [1.54, 1.807) is 7.11 Å². The van der Waals surface area contributed by atoms with Gasteiger partial charge in [-0.15, -0.1) is 0 Å². The summed E-state index contributed by atoms with van der Waals surface area (Å²) in [5, 5.41) is 0. The highest BCUT2D eigenvalue weighted by Crippen LogP contribution is 2.13. The van der Waals surface area contributed by atoms with Gasteiger partial charge < -0.3 is 4.74 Å². The lowest BCUT2D eigenvalue weighted by molar-refractivity contribution is 0.415. The highest BCUT2D eigenvalue weighted by Gasteiger charge is 1.89. The minimum Gasteiger partial charge on any atom is -0.497 e. The van der Waals surface area contributed by atoms with Crippen molar-refractivity contribution in [1.29, 1.82) is 0 Å². The summed E-state index contributed by atoms with van der Waals surface area (Å²) in [5.41, 5.74) is 1.25. The fraction of sp³-hybridized carbons (Fsp3) is 0.467. The Balaban J connectivity index is 2.27. The zero-order valence-corrected chi connectivity index (χ0v) is 10.4. The largest absolute Gasteiger partial charge is 0.497 e. The van der Waals surface area contributed by atoms with Gasteiger partial charge in [-0.2, -0.15) is 0 Å². The molecule has 1 aromatic carbocycles. The Labute approximate surface area is 99.1 Å². The van der Waals surface area contributed by atoms with Gasteiger partial charge in [0.2, 0.25) is 0 Å². The molecule has 1 aromatic rings. The van der Waals surface area contributed by atoms with Crippen LogP contribution < -0.4 is 4.74 Å². The van der Waals surface area contributed by atoms with E-state index in [-0.39, 0.29) is 0 Å². The Bertz CT molecular complexity index is 298. The molecule has 0 aliphatic heterocycles. The van der Waals surface area contributed by atoms with Gasteiger partial charge in [0.1, 0.15) is 5.75 Å². The first kappa shape index (κ1) is 12.8. The first-order valence-electron chi connectivity index (χ1n) is 6.17. The summed E-state index contributed by atoms with van der Waals surface area (Å²) in [6.45, 7) is 2.24. The van der Waals surface area contributed by atoms with Crippen molar-refractivity contribution in [3.8, 4) is 5.75 Å². The minimum atomic E-state index is 0.917. The summed E-state index contributed by atoms with van der Waals surface area (Å²) >= 11 is 0. The van der Waals surface area contributed by atoms with Crippen LogP contribution in [-0.2, 0) is 0 Å². The predicted octanol–water partition coefficient (Wildman–Crippen LogP) is 4.68. The van der Waals surface area contributed by atoms with Crippen LogP contribution in [0.3, 0.4) is 0 Å². The van der Waals surface area contributed by atoms with Gasteiger partial charge in [-0.25, -0.2) is 0 Å². The molecule has 1 rings (SSSR count). The van der Waals surface area contributed by atoms with Gasteiger partial charge in [0.15, 0.2) is 0 Å². The van der Waals surface area contributed by atoms with E-state index in [2.05, 4.69) is 31.2 Å². The molecule has 1 heteroatoms. The van der Waals surface area contributed by atoms with Crippen LogP contribution in [0.15, 0.2) is 30.3 Å². The molecule has 16 heavy (non-hydrogen) atoms. The number of methoxy groups -OCH3 is 1. The minimum absolute atomic E-state index is 0.917. The molecular weight excluding hydrogens is 196 g/mol. The molecule has 0 saturated carbocycles. The summed E-state index contributed by atoms with van der Waals surface area (Å²) < 4.78 is 5.12. The lowest BCUT2D eigenvalue weighted by atomic mass is 10.1. The molecule has 0 radical (unpaired) electrons. The molecule has 0 aliphatic rings. The fourth-order valence-corrected chi connectivity index (χ4v) is 1.62. The average molecular weight is 218 g/mol. The highest BCUT2D eigenvalue weighted by molar-refractivity contribution is 5.50. The van der Waals surface area contributed by atoms with Gasteiger partial charge in [0.25, 0.3) is 0 Å². The first-order chi connectivity index (χ1) is 7.86. The number of benzene rings is 1. The molecule has 0 spiro atoms. The molecule has 88 valence electrons. The summed E-state index contributed by atoms with van der Waals surface area (Å²) in [6.07, 6.45) is 11.0. The third kappa shape index (κ3) is 5.01. The maximum atomic E-state index is 5.12. The van der Waals surface area contributed by atoms with Crippen LogP contribution in [0.2, 0.25) is 0 Å². The second-order valence-electron chi connectivity index (χ2n) is 4.02. The van der Waals surface area contributed by atoms with Crippen LogP contribution in [0.4, 0.5) is 0 Å². The number of unbranched alkanes of at least 4 members (excludes halogenated alkanes) is 4. The zero-order valence-electron chi connectivity index (χ0n) is 10.4. The standard InChI is InChI=1S/C15H22O/c1-3-4-5-6-7-8-9-14-10-12-15(16-2)13-11-14/h8-13H,3-7H2,1-2H3/b9-8+. The van der Waals surface area contributed by atoms with E-state index in [1.165, 1.54) is 37.7 Å². The predicted molar refractivity (Wildman–Crippen MR) is 70.8 cm³/mol. The Hall–Kier alpha value is -1.24. The van der Waals surface area contributed by atoms with E-state index in [4.69, 9.17) is 4.74 Å². The Morgan fingerprint density at radius 2 is 1.81 bits per heavy atom. The normalized spacial score (nSPS) is 10.9. The molecule has 0 amide bonds. The van der Waals surface area contributed by atoms with Gasteiger partial charge in [-0.05, 0) is 30.5 Å². The molecule has 0 atom stereocenters. The lowest BCUT2D eigenvalue weighted by Crippen LogP contribution is -1.81. The van der Waals surface area contributed by atoms with E-state index in [0.717, 1.165) is 5.75 Å². The van der Waals surface area contributed by atoms with E-state index >= 15 is 0 Å². The summed E-state index contributed by atoms with van der Waals surface area (Å²) in [5.74, 6) is 0.917. The number of hydrogen-bond acceptors (Lipinski definition) is 1. The van der Waals surface area contributed by atoms with Gasteiger partial charge >= 0.3 is 0 Å². The monoisotopic (exact) mass is 218 g/mol. The Morgan fingerprint density at radius 3 is 2.44 bits per heavy atom. The molecule has 1 nitrogen and oxygen atoms in total. The van der Waals surface area contributed by atoms with E-state index in [9.17, 15) is 0 Å². The van der Waals surface area contributed by atoms with E-state index < -0.39 is 0 Å². The zero-order chi connectivity index (χ0) is 11.6. The van der Waals surface area contributed by atoms with Crippen molar-refractivity contribution >= 4 is 6.08 Å². The van der Waals surface area contributed by atoms with Crippen LogP contribution in [0.1, 0.15) is 44.6 Å². The first-order valence-corrected chi connectivity index (χ1v) is 6.17. The van der Waals surface area contributed by atoms with Crippen molar-refractivity contribution in [1.82, 2.24) is 0 Å². The second kappa shape index (κ2) is 7.98. The summed E-state index contributed by atoms with van der Waals surface area (Å²) in [7, 11) is 1.69. The molecule has 0 heterocycles. The number of ether oxygens (including phenoxy) is 1. The molecule has 0 fully saturated rings. The van der Waals surface area contributed by atoms with Crippen molar-refractivity contribution in [2.45, 2.75) is 39.0 Å². The lowest BCUT2D eigenvalue weighted by Gasteiger charge is -1.99. The highest BCUT2D eigenvalue weighted by atomic mass is 16.5. The average Bonchev–Trinajstić information content (AvgIpc) is 2.34. The van der Waals surface area contributed by atoms with Crippen molar-refractivity contribution in [2.75, 3.05) is 7.11 Å². The van der Waals surface area contributed by atoms with Gasteiger partial charge in [-0.3, -0.25) is 0 Å². The van der Waals surface area contributed by atoms with Crippen LogP contribution in [-0.4, -0.2) is 7.11 Å². The van der Waals surface area contributed by atoms with Crippen LogP contribution in [0, 0.1) is 0 Å². The summed E-state index contributed by atoms with van der Waals surface area (Å²) in [6, 6.07) is 8.16. The van der Waals surface area contributed by atoms with Gasteiger partial charge in [-0.1, -0.05) is 50.5 Å². The molecule has 0 saturated heterocycles. The number of rotatable bonds is 7. The molecule has 0 bridgehead atoms. The third-order valence-corrected chi connectivity index (χ3v) is 2.65. The van der Waals surface area contributed by atoms with Crippen molar-refractivity contribution in [3.63, 3.8) is 0 Å². The molecule has 0 N–H and O–H groups in total. The van der Waals surface area contributed by atoms with E-state index in [0.29, 0.717) is 0 Å². The molecular formula is C15H22O. The fourth-order valence-electron chi connectivity index (χ4n) is 1.62. The van der Waals surface area contributed by atoms with Crippen LogP contribution >= 0.6 is 0 Å². The second-order valence-corrected chi connectivity index (χ2v) is 4.02.